The fourth-order valence-electron chi connectivity index (χ4n) is 8.68. The average molecular weight is 453 g/mol. The van der Waals surface area contributed by atoms with Crippen molar-refractivity contribution < 1.29 is 14.4 Å². The zero-order valence-electron chi connectivity index (χ0n) is 21.8. The van der Waals surface area contributed by atoms with Crippen LogP contribution in [0.25, 0.3) is 0 Å². The molecule has 2 fully saturated rings. The maximum atomic E-state index is 13.8. The quantitative estimate of drug-likeness (QED) is 0.412. The molecule has 0 aromatic carbocycles. The minimum Gasteiger partial charge on any atom is -0.299 e. The van der Waals surface area contributed by atoms with Crippen molar-refractivity contribution in [2.24, 2.45) is 46.3 Å². The second-order valence-electron chi connectivity index (χ2n) is 12.6. The third-order valence-electron chi connectivity index (χ3n) is 10.9. The molecule has 8 atom stereocenters. The fraction of sp³-hybridized carbons (Fsp3) is 0.767. The number of allylic oxidation sites excluding steroid dienone is 3. The molecule has 4 aliphatic carbocycles. The lowest BCUT2D eigenvalue weighted by Crippen LogP contribution is -2.50. The number of Topliss-reactive ketones (excluding diaryl/α,β-unsaturated/α-hetero) is 3. The second-order valence-corrected chi connectivity index (χ2v) is 12.6. The van der Waals surface area contributed by atoms with Crippen LogP contribution < -0.4 is 0 Å². The van der Waals surface area contributed by atoms with Gasteiger partial charge in [-0.2, -0.15) is 0 Å². The summed E-state index contributed by atoms with van der Waals surface area (Å²) in [6.45, 7) is 16.9. The maximum absolute atomic E-state index is 13.8. The van der Waals surface area contributed by atoms with Crippen LogP contribution in [-0.2, 0) is 14.4 Å². The van der Waals surface area contributed by atoms with Crippen LogP contribution in [0.5, 0.6) is 0 Å². The Bertz CT molecular complexity index is 910. The highest BCUT2D eigenvalue weighted by atomic mass is 16.1. The van der Waals surface area contributed by atoms with Crippen LogP contribution in [0.2, 0.25) is 0 Å². The van der Waals surface area contributed by atoms with Crippen molar-refractivity contribution in [3.05, 3.63) is 23.3 Å². The Morgan fingerprint density at radius 3 is 2.48 bits per heavy atom. The Balaban J connectivity index is 1.56. The molecule has 0 spiro atoms. The summed E-state index contributed by atoms with van der Waals surface area (Å²) in [6.07, 6.45) is 8.54. The summed E-state index contributed by atoms with van der Waals surface area (Å²) in [6, 6.07) is 0. The summed E-state index contributed by atoms with van der Waals surface area (Å²) < 4.78 is 0. The van der Waals surface area contributed by atoms with E-state index in [1.807, 2.05) is 6.92 Å². The molecular formula is C30H44O3. The van der Waals surface area contributed by atoms with Gasteiger partial charge in [-0.25, -0.2) is 0 Å². The Morgan fingerprint density at radius 1 is 1.12 bits per heavy atom. The third-order valence-corrected chi connectivity index (χ3v) is 10.9. The lowest BCUT2D eigenvalue weighted by molar-refractivity contribution is -0.133. The molecule has 0 amide bonds. The van der Waals surface area contributed by atoms with E-state index < -0.39 is 0 Å². The molecule has 182 valence electrons. The number of carbonyl (C=O) groups is 3. The van der Waals surface area contributed by atoms with Crippen LogP contribution in [0.1, 0.15) is 99.3 Å². The van der Waals surface area contributed by atoms with Crippen LogP contribution in [0.4, 0.5) is 0 Å². The van der Waals surface area contributed by atoms with Crippen molar-refractivity contribution in [3.8, 4) is 0 Å². The summed E-state index contributed by atoms with van der Waals surface area (Å²) >= 11 is 0. The van der Waals surface area contributed by atoms with E-state index in [1.165, 1.54) is 18.4 Å². The Labute approximate surface area is 200 Å². The highest BCUT2D eigenvalue weighted by molar-refractivity contribution is 6.00. The van der Waals surface area contributed by atoms with Crippen LogP contribution in [0.3, 0.4) is 0 Å². The van der Waals surface area contributed by atoms with E-state index in [0.29, 0.717) is 48.1 Å². The molecule has 4 aliphatic rings. The van der Waals surface area contributed by atoms with Gasteiger partial charge in [0, 0.05) is 30.3 Å². The van der Waals surface area contributed by atoms with E-state index >= 15 is 0 Å². The van der Waals surface area contributed by atoms with Gasteiger partial charge in [-0.3, -0.25) is 14.4 Å². The molecule has 4 rings (SSSR count). The second kappa shape index (κ2) is 8.61. The molecule has 0 saturated heterocycles. The molecule has 0 aromatic heterocycles. The predicted molar refractivity (Wildman–Crippen MR) is 133 cm³/mol. The van der Waals surface area contributed by atoms with E-state index in [2.05, 4.69) is 34.3 Å². The maximum Gasteiger partial charge on any atom is 0.159 e. The monoisotopic (exact) mass is 452 g/mol. The standard InChI is InChI=1S/C30H44O3/c1-17(19(3)21(5)31)8-9-18(2)23-12-13-25-22-10-11-24-20(4)26(32)14-15-29(24,6)28(22)27(33)16-30(23,25)7/h18-20,23-25H,1,8-16H2,2-7H3/t18-,19?,20+,23-,24+,25+,29+,30-/m1/s1. The molecule has 0 aliphatic heterocycles. The van der Waals surface area contributed by atoms with Gasteiger partial charge in [0.1, 0.15) is 11.6 Å². The highest BCUT2D eigenvalue weighted by Crippen LogP contribution is 2.65. The van der Waals surface area contributed by atoms with Gasteiger partial charge >= 0.3 is 0 Å². The zero-order chi connectivity index (χ0) is 24.3. The first-order valence-corrected chi connectivity index (χ1v) is 13.4. The number of ketones is 3. The van der Waals surface area contributed by atoms with Crippen LogP contribution in [-0.4, -0.2) is 17.3 Å². The lowest BCUT2D eigenvalue weighted by atomic mass is 9.48. The molecule has 3 heteroatoms. The van der Waals surface area contributed by atoms with Gasteiger partial charge in [-0.15, -0.1) is 0 Å². The minimum absolute atomic E-state index is 0.0438. The summed E-state index contributed by atoms with van der Waals surface area (Å²) in [5.74, 6) is 2.90. The molecule has 2 saturated carbocycles. The van der Waals surface area contributed by atoms with E-state index in [1.54, 1.807) is 6.92 Å². The molecule has 33 heavy (non-hydrogen) atoms. The number of rotatable bonds is 6. The number of fused-ring (bicyclic) bond motifs is 4. The Morgan fingerprint density at radius 2 is 1.82 bits per heavy atom. The Kier molecular flexibility index (Phi) is 6.42. The lowest BCUT2D eigenvalue weighted by Gasteiger charge is -2.54. The van der Waals surface area contributed by atoms with Gasteiger partial charge < -0.3 is 0 Å². The third kappa shape index (κ3) is 3.82. The van der Waals surface area contributed by atoms with Crippen molar-refractivity contribution in [1.82, 2.24) is 0 Å². The molecule has 0 heterocycles. The first kappa shape index (κ1) is 24.6. The van der Waals surface area contributed by atoms with E-state index in [-0.39, 0.29) is 28.4 Å². The zero-order valence-corrected chi connectivity index (χ0v) is 21.8. The van der Waals surface area contributed by atoms with Crippen molar-refractivity contribution in [2.45, 2.75) is 99.3 Å². The molecule has 0 N–H and O–H groups in total. The van der Waals surface area contributed by atoms with Crippen LogP contribution >= 0.6 is 0 Å². The smallest absolute Gasteiger partial charge is 0.159 e. The average Bonchev–Trinajstić information content (AvgIpc) is 3.10. The normalized spacial score (nSPS) is 40.1. The van der Waals surface area contributed by atoms with Gasteiger partial charge in [0.25, 0.3) is 0 Å². The SMILES string of the molecule is C=C(CC[C@@H](C)[C@H]1CC[C@H]2C3=C(C(=O)C[C@]12C)[C@@]1(C)CCC(=O)[C@@H](C)[C@@H]1CC3)C(C)C(C)=O. The summed E-state index contributed by atoms with van der Waals surface area (Å²) in [5.41, 5.74) is 3.60. The molecular weight excluding hydrogens is 408 g/mol. The van der Waals surface area contributed by atoms with Crippen molar-refractivity contribution in [3.63, 3.8) is 0 Å². The Hall–Kier alpha value is -1.51. The van der Waals surface area contributed by atoms with Crippen LogP contribution in [0, 0.1) is 46.3 Å². The number of carbonyl (C=O) groups excluding carboxylic acids is 3. The van der Waals surface area contributed by atoms with Gasteiger partial charge in [-0.1, -0.05) is 52.3 Å². The van der Waals surface area contributed by atoms with Gasteiger partial charge in [0.15, 0.2) is 5.78 Å². The largest absolute Gasteiger partial charge is 0.299 e. The van der Waals surface area contributed by atoms with Crippen molar-refractivity contribution in [1.29, 1.82) is 0 Å². The molecule has 0 radical (unpaired) electrons. The van der Waals surface area contributed by atoms with Gasteiger partial charge in [0.05, 0.1) is 0 Å². The van der Waals surface area contributed by atoms with Crippen molar-refractivity contribution >= 4 is 17.3 Å². The summed E-state index contributed by atoms with van der Waals surface area (Å²) in [7, 11) is 0. The molecule has 1 unspecified atom stereocenters. The van der Waals surface area contributed by atoms with Crippen LogP contribution in [0.15, 0.2) is 23.3 Å². The first-order valence-electron chi connectivity index (χ1n) is 13.4. The topological polar surface area (TPSA) is 51.2 Å². The van der Waals surface area contributed by atoms with E-state index in [9.17, 15) is 14.4 Å². The predicted octanol–water partition coefficient (Wildman–Crippen LogP) is 6.90. The van der Waals surface area contributed by atoms with E-state index in [4.69, 9.17) is 0 Å². The van der Waals surface area contributed by atoms with Crippen molar-refractivity contribution in [2.75, 3.05) is 0 Å². The number of hydrogen-bond acceptors (Lipinski definition) is 3. The number of hydrogen-bond donors (Lipinski definition) is 0. The first-order chi connectivity index (χ1) is 15.4. The van der Waals surface area contributed by atoms with Gasteiger partial charge in [-0.05, 0) is 86.4 Å². The summed E-state index contributed by atoms with van der Waals surface area (Å²) in [4.78, 5) is 38.0. The minimum atomic E-state index is -0.108. The molecule has 0 aromatic rings. The van der Waals surface area contributed by atoms with E-state index in [0.717, 1.165) is 43.3 Å². The molecule has 0 bridgehead atoms. The summed E-state index contributed by atoms with van der Waals surface area (Å²) in [5, 5.41) is 0. The molecule has 3 nitrogen and oxygen atoms in total. The fourth-order valence-corrected chi connectivity index (χ4v) is 8.68. The highest BCUT2D eigenvalue weighted by Gasteiger charge is 2.59. The van der Waals surface area contributed by atoms with Gasteiger partial charge in [0.2, 0.25) is 0 Å².